The molecule has 3 rings (SSSR count). The third-order valence-electron chi connectivity index (χ3n) is 4.20. The molecule has 160 valence electrons. The number of hydrogen-bond acceptors (Lipinski definition) is 8. The quantitative estimate of drug-likeness (QED) is 0.313. The molecule has 0 aliphatic rings. The minimum atomic E-state index is -0.466. The van der Waals surface area contributed by atoms with Crippen molar-refractivity contribution < 1.29 is 23.9 Å². The third-order valence-corrected chi connectivity index (χ3v) is 4.96. The van der Waals surface area contributed by atoms with Gasteiger partial charge in [-0.2, -0.15) is 0 Å². The Balaban J connectivity index is 1.73. The highest BCUT2D eigenvalue weighted by Gasteiger charge is 2.13. The number of ether oxygens (including phenoxy) is 3. The van der Waals surface area contributed by atoms with Gasteiger partial charge >= 0.3 is 0 Å². The van der Waals surface area contributed by atoms with Crippen molar-refractivity contribution in [2.75, 3.05) is 26.6 Å². The fraction of sp³-hybridized carbons (Fsp3) is 0.143. The average molecular weight is 441 g/mol. The zero-order chi connectivity index (χ0) is 22.4. The summed E-state index contributed by atoms with van der Waals surface area (Å²) >= 11 is 1.22. The number of carbonyl (C=O) groups excluding carboxylic acids is 1. The number of benzene rings is 2. The number of nitro benzene ring substituents is 1. The molecule has 1 N–H and O–H groups in total. The molecule has 1 heterocycles. The second kappa shape index (κ2) is 9.72. The van der Waals surface area contributed by atoms with Crippen LogP contribution in [0, 0.1) is 10.1 Å². The van der Waals surface area contributed by atoms with E-state index in [4.69, 9.17) is 14.2 Å². The molecular weight excluding hydrogens is 422 g/mol. The number of aromatic nitrogens is 1. The van der Waals surface area contributed by atoms with Crippen LogP contribution >= 0.6 is 11.3 Å². The first kappa shape index (κ1) is 21.8. The molecule has 31 heavy (non-hydrogen) atoms. The lowest BCUT2D eigenvalue weighted by Crippen LogP contribution is -2.07. The molecular formula is C21H19N3O6S. The Bertz CT molecular complexity index is 1120. The molecule has 2 aromatic carbocycles. The Kier molecular flexibility index (Phi) is 6.83. The molecule has 3 aromatic rings. The van der Waals surface area contributed by atoms with Crippen LogP contribution in [0.1, 0.15) is 5.56 Å². The molecule has 9 nitrogen and oxygen atoms in total. The fourth-order valence-electron chi connectivity index (χ4n) is 2.76. The number of methoxy groups -OCH3 is 3. The number of hydrogen-bond donors (Lipinski definition) is 1. The number of nitrogens with zero attached hydrogens (tertiary/aromatic N) is 2. The van der Waals surface area contributed by atoms with Crippen LogP contribution in [-0.2, 0) is 4.79 Å². The number of anilines is 1. The van der Waals surface area contributed by atoms with Gasteiger partial charge in [0, 0.05) is 29.2 Å². The molecule has 0 aliphatic heterocycles. The van der Waals surface area contributed by atoms with Crippen LogP contribution in [0.5, 0.6) is 17.2 Å². The van der Waals surface area contributed by atoms with E-state index in [0.717, 1.165) is 0 Å². The highest BCUT2D eigenvalue weighted by molar-refractivity contribution is 7.14. The van der Waals surface area contributed by atoms with Gasteiger partial charge in [0.1, 0.15) is 0 Å². The summed E-state index contributed by atoms with van der Waals surface area (Å²) in [5, 5.41) is 15.7. The highest BCUT2D eigenvalue weighted by atomic mass is 32.1. The van der Waals surface area contributed by atoms with Crippen LogP contribution in [0.4, 0.5) is 10.8 Å². The van der Waals surface area contributed by atoms with Crippen molar-refractivity contribution in [3.05, 3.63) is 63.5 Å². The minimum absolute atomic E-state index is 0.0237. The predicted octanol–water partition coefficient (Wildman–Crippen LogP) is 4.40. The van der Waals surface area contributed by atoms with Gasteiger partial charge in [0.2, 0.25) is 11.7 Å². The van der Waals surface area contributed by atoms with Crippen molar-refractivity contribution >= 4 is 34.1 Å². The lowest BCUT2D eigenvalue weighted by atomic mass is 10.1. The SMILES string of the molecule is COc1cc(C=CC(=O)Nc2nc(-c3cccc([N+](=O)[O-])c3)cs2)cc(OC)c1OC. The molecule has 0 unspecified atom stereocenters. The van der Waals surface area contributed by atoms with E-state index in [1.165, 1.54) is 50.9 Å². The van der Waals surface area contributed by atoms with Crippen LogP contribution in [0.2, 0.25) is 0 Å². The van der Waals surface area contributed by atoms with Gasteiger partial charge in [-0.15, -0.1) is 11.3 Å². The first-order chi connectivity index (χ1) is 14.9. The van der Waals surface area contributed by atoms with Crippen molar-refractivity contribution in [3.8, 4) is 28.5 Å². The summed E-state index contributed by atoms with van der Waals surface area (Å²) in [6.45, 7) is 0. The Hall–Kier alpha value is -3.92. The lowest BCUT2D eigenvalue weighted by Gasteiger charge is -2.12. The van der Waals surface area contributed by atoms with Crippen molar-refractivity contribution in [1.29, 1.82) is 0 Å². The number of nitro groups is 1. The van der Waals surface area contributed by atoms with E-state index in [2.05, 4.69) is 10.3 Å². The monoisotopic (exact) mass is 441 g/mol. The summed E-state index contributed by atoms with van der Waals surface area (Å²) in [6, 6.07) is 9.59. The van der Waals surface area contributed by atoms with Crippen LogP contribution < -0.4 is 19.5 Å². The van der Waals surface area contributed by atoms with E-state index in [0.29, 0.717) is 39.2 Å². The average Bonchev–Trinajstić information content (AvgIpc) is 3.25. The zero-order valence-electron chi connectivity index (χ0n) is 16.9. The van der Waals surface area contributed by atoms with Gasteiger partial charge in [-0.3, -0.25) is 20.2 Å². The molecule has 0 saturated heterocycles. The van der Waals surface area contributed by atoms with E-state index >= 15 is 0 Å². The van der Waals surface area contributed by atoms with Gasteiger partial charge in [-0.05, 0) is 23.8 Å². The summed E-state index contributed by atoms with van der Waals surface area (Å²) < 4.78 is 15.9. The summed E-state index contributed by atoms with van der Waals surface area (Å²) in [5.74, 6) is 1.03. The second-order valence-corrected chi connectivity index (χ2v) is 6.98. The minimum Gasteiger partial charge on any atom is -0.493 e. The predicted molar refractivity (Wildman–Crippen MR) is 118 cm³/mol. The summed E-state index contributed by atoms with van der Waals surface area (Å²) in [5.41, 5.74) is 1.79. The van der Waals surface area contributed by atoms with Crippen LogP contribution in [-0.4, -0.2) is 37.1 Å². The summed E-state index contributed by atoms with van der Waals surface area (Å²) in [4.78, 5) is 27.1. The Morgan fingerprint density at radius 2 is 1.84 bits per heavy atom. The standard InChI is InChI=1S/C21H19N3O6S/c1-28-17-9-13(10-18(29-2)20(17)30-3)7-8-19(25)23-21-22-16(12-31-21)14-5-4-6-15(11-14)24(26)27/h4-12H,1-3H3,(H,22,23,25). The number of non-ortho nitro benzene ring substituents is 1. The van der Waals surface area contributed by atoms with Gasteiger partial charge in [0.05, 0.1) is 31.9 Å². The maximum absolute atomic E-state index is 12.3. The van der Waals surface area contributed by atoms with Gasteiger partial charge in [-0.25, -0.2) is 4.98 Å². The molecule has 0 atom stereocenters. The molecule has 0 spiro atoms. The molecule has 0 saturated carbocycles. The molecule has 1 aromatic heterocycles. The number of thiazole rings is 1. The van der Waals surface area contributed by atoms with Crippen molar-refractivity contribution in [2.24, 2.45) is 0 Å². The molecule has 0 radical (unpaired) electrons. The summed E-state index contributed by atoms with van der Waals surface area (Å²) in [6.07, 6.45) is 2.96. The second-order valence-electron chi connectivity index (χ2n) is 6.13. The number of rotatable bonds is 8. The summed E-state index contributed by atoms with van der Waals surface area (Å²) in [7, 11) is 4.54. The largest absolute Gasteiger partial charge is 0.493 e. The Morgan fingerprint density at radius 1 is 1.13 bits per heavy atom. The van der Waals surface area contributed by atoms with Gasteiger partial charge in [0.15, 0.2) is 16.6 Å². The molecule has 10 heteroatoms. The van der Waals surface area contributed by atoms with Crippen molar-refractivity contribution in [1.82, 2.24) is 4.98 Å². The Morgan fingerprint density at radius 3 is 2.45 bits per heavy atom. The maximum atomic E-state index is 12.3. The van der Waals surface area contributed by atoms with Crippen molar-refractivity contribution in [3.63, 3.8) is 0 Å². The third kappa shape index (κ3) is 5.17. The first-order valence-corrected chi connectivity index (χ1v) is 9.82. The van der Waals surface area contributed by atoms with E-state index in [-0.39, 0.29) is 11.6 Å². The van der Waals surface area contributed by atoms with E-state index in [1.54, 1.807) is 35.7 Å². The maximum Gasteiger partial charge on any atom is 0.270 e. The van der Waals surface area contributed by atoms with Gasteiger partial charge in [0.25, 0.3) is 5.69 Å². The van der Waals surface area contributed by atoms with Gasteiger partial charge in [-0.1, -0.05) is 12.1 Å². The normalized spacial score (nSPS) is 10.7. The fourth-order valence-corrected chi connectivity index (χ4v) is 3.48. The molecule has 0 aliphatic carbocycles. The zero-order valence-corrected chi connectivity index (χ0v) is 17.8. The number of carbonyl (C=O) groups is 1. The Labute approximate surface area is 182 Å². The first-order valence-electron chi connectivity index (χ1n) is 8.94. The molecule has 0 fully saturated rings. The van der Waals surface area contributed by atoms with Crippen LogP contribution in [0.25, 0.3) is 17.3 Å². The van der Waals surface area contributed by atoms with E-state index < -0.39 is 4.92 Å². The van der Waals surface area contributed by atoms with Crippen LogP contribution in [0.15, 0.2) is 47.9 Å². The van der Waals surface area contributed by atoms with Gasteiger partial charge < -0.3 is 14.2 Å². The highest BCUT2D eigenvalue weighted by Crippen LogP contribution is 2.38. The smallest absolute Gasteiger partial charge is 0.270 e. The number of amides is 1. The molecule has 1 amide bonds. The molecule has 0 bridgehead atoms. The topological polar surface area (TPSA) is 113 Å². The van der Waals surface area contributed by atoms with Crippen molar-refractivity contribution in [2.45, 2.75) is 0 Å². The van der Waals surface area contributed by atoms with E-state index in [1.807, 2.05) is 0 Å². The van der Waals surface area contributed by atoms with Crippen LogP contribution in [0.3, 0.4) is 0 Å². The lowest BCUT2D eigenvalue weighted by molar-refractivity contribution is -0.384. The number of nitrogens with one attached hydrogen (secondary N) is 1. The van der Waals surface area contributed by atoms with E-state index in [9.17, 15) is 14.9 Å².